The van der Waals surface area contributed by atoms with Gasteiger partial charge in [-0.1, -0.05) is 60.1 Å². The van der Waals surface area contributed by atoms with Crippen molar-refractivity contribution in [3.05, 3.63) is 95.1 Å². The maximum absolute atomic E-state index is 14.6. The van der Waals surface area contributed by atoms with Crippen LogP contribution in [-0.2, 0) is 11.2 Å². The van der Waals surface area contributed by atoms with Crippen LogP contribution in [0.2, 0.25) is 5.02 Å². The van der Waals surface area contributed by atoms with E-state index in [1.165, 1.54) is 5.56 Å². The van der Waals surface area contributed by atoms with Gasteiger partial charge in [0.25, 0.3) is 0 Å². The first-order valence-electron chi connectivity index (χ1n) is 15.1. The number of aromatic nitrogens is 1. The number of anilines is 2. The molecule has 1 fully saturated rings. The number of H-pyrrole nitrogens is 1. The number of nitrogens with zero attached hydrogens (tertiary/aromatic N) is 4. The van der Waals surface area contributed by atoms with Gasteiger partial charge in [-0.25, -0.2) is 4.79 Å². The van der Waals surface area contributed by atoms with Crippen LogP contribution in [0.1, 0.15) is 23.5 Å². The zero-order valence-corrected chi connectivity index (χ0v) is 25.6. The average Bonchev–Trinajstić information content (AvgIpc) is 3.46. The average molecular weight is 599 g/mol. The van der Waals surface area contributed by atoms with Gasteiger partial charge < -0.3 is 29.9 Å². The number of likely N-dealkylation sites (N-methyl/N-ethyl adjacent to an activating group) is 1. The highest BCUT2D eigenvalue weighted by Crippen LogP contribution is 2.33. The molecule has 2 N–H and O–H groups in total. The maximum Gasteiger partial charge on any atom is 0.318 e. The molecule has 6 rings (SSSR count). The molecule has 3 amide bonds. The summed E-state index contributed by atoms with van der Waals surface area (Å²) in [6.45, 7) is 3.62. The molecule has 8 nitrogen and oxygen atoms in total. The monoisotopic (exact) mass is 598 g/mol. The Morgan fingerprint density at radius 2 is 1.60 bits per heavy atom. The number of carbonyl (C=O) groups is 2. The molecule has 1 saturated heterocycles. The van der Waals surface area contributed by atoms with Crippen molar-refractivity contribution in [3.8, 4) is 0 Å². The molecule has 224 valence electrons. The molecule has 1 aromatic heterocycles. The number of hydrogen-bond acceptors (Lipinski definition) is 4. The maximum atomic E-state index is 14.6. The van der Waals surface area contributed by atoms with E-state index in [-0.39, 0.29) is 17.9 Å². The van der Waals surface area contributed by atoms with Gasteiger partial charge in [-0.3, -0.25) is 4.79 Å². The molecule has 2 aliphatic heterocycles. The van der Waals surface area contributed by atoms with Gasteiger partial charge in [-0.2, -0.15) is 0 Å². The lowest BCUT2D eigenvalue weighted by molar-refractivity contribution is -0.121. The highest BCUT2D eigenvalue weighted by atomic mass is 35.5. The Bertz CT molecular complexity index is 1590. The number of rotatable bonds is 7. The smallest absolute Gasteiger partial charge is 0.318 e. The van der Waals surface area contributed by atoms with Crippen LogP contribution in [0.5, 0.6) is 0 Å². The van der Waals surface area contributed by atoms with Crippen LogP contribution < -0.4 is 15.1 Å². The fourth-order valence-electron chi connectivity index (χ4n) is 6.53. The number of para-hydroxylation sites is 3. The Morgan fingerprint density at radius 1 is 0.907 bits per heavy atom. The summed E-state index contributed by atoms with van der Waals surface area (Å²) in [6, 6.07) is 23.1. The summed E-state index contributed by atoms with van der Waals surface area (Å²) in [6.07, 6.45) is 3.83. The highest BCUT2D eigenvalue weighted by molar-refractivity contribution is 6.33. The first-order valence-corrected chi connectivity index (χ1v) is 15.4. The number of aryl methyl sites for hydroxylation is 1. The number of halogens is 1. The van der Waals surface area contributed by atoms with Crippen molar-refractivity contribution in [2.75, 3.05) is 63.2 Å². The van der Waals surface area contributed by atoms with Crippen LogP contribution in [0.25, 0.3) is 10.9 Å². The van der Waals surface area contributed by atoms with Gasteiger partial charge in [0.2, 0.25) is 5.91 Å². The van der Waals surface area contributed by atoms with Crippen LogP contribution in [0.15, 0.2) is 79.0 Å². The largest absolute Gasteiger partial charge is 0.367 e. The lowest BCUT2D eigenvalue weighted by Gasteiger charge is -2.39. The zero-order chi connectivity index (χ0) is 29.9. The van der Waals surface area contributed by atoms with E-state index in [4.69, 9.17) is 11.6 Å². The van der Waals surface area contributed by atoms with Crippen molar-refractivity contribution in [2.45, 2.75) is 24.8 Å². The normalized spacial score (nSPS) is 16.7. The van der Waals surface area contributed by atoms with Gasteiger partial charge in [0, 0.05) is 68.0 Å². The number of amides is 3. The summed E-state index contributed by atoms with van der Waals surface area (Å²) in [5.41, 5.74) is 5.12. The molecule has 3 heterocycles. The Labute approximate surface area is 258 Å². The van der Waals surface area contributed by atoms with E-state index in [1.807, 2.05) is 90.8 Å². The molecule has 0 aliphatic carbocycles. The minimum Gasteiger partial charge on any atom is -0.367 e. The Balaban J connectivity index is 1.31. The van der Waals surface area contributed by atoms with Gasteiger partial charge in [0.15, 0.2) is 0 Å². The van der Waals surface area contributed by atoms with Crippen LogP contribution >= 0.6 is 11.6 Å². The second kappa shape index (κ2) is 12.7. The minimum atomic E-state index is -0.762. The van der Waals surface area contributed by atoms with E-state index in [0.717, 1.165) is 40.7 Å². The predicted molar refractivity (Wildman–Crippen MR) is 174 cm³/mol. The lowest BCUT2D eigenvalue weighted by Crippen LogP contribution is -2.59. The van der Waals surface area contributed by atoms with Crippen molar-refractivity contribution in [3.63, 3.8) is 0 Å². The number of carbonyl (C=O) groups excluding carboxylic acids is 2. The topological polar surface area (TPSA) is 74.9 Å². The summed E-state index contributed by atoms with van der Waals surface area (Å²) in [5, 5.41) is 5.02. The van der Waals surface area contributed by atoms with Crippen molar-refractivity contribution in [1.82, 2.24) is 20.1 Å². The van der Waals surface area contributed by atoms with E-state index in [1.54, 1.807) is 0 Å². The van der Waals surface area contributed by atoms with Crippen molar-refractivity contribution < 1.29 is 9.59 Å². The van der Waals surface area contributed by atoms with Crippen molar-refractivity contribution >= 4 is 45.8 Å². The number of fused-ring (bicyclic) bond motifs is 2. The van der Waals surface area contributed by atoms with Gasteiger partial charge in [0.1, 0.15) is 6.04 Å². The molecule has 4 aromatic rings. The summed E-state index contributed by atoms with van der Waals surface area (Å²) in [4.78, 5) is 40.0. The Kier molecular flexibility index (Phi) is 8.58. The van der Waals surface area contributed by atoms with Gasteiger partial charge >= 0.3 is 6.03 Å². The summed E-state index contributed by atoms with van der Waals surface area (Å²) >= 11 is 6.45. The fourth-order valence-corrected chi connectivity index (χ4v) is 6.78. The molecule has 0 bridgehead atoms. The van der Waals surface area contributed by atoms with Crippen LogP contribution in [0, 0.1) is 0 Å². The number of benzene rings is 3. The molecule has 2 aliphatic rings. The number of hydrogen-bond donors (Lipinski definition) is 2. The minimum absolute atomic E-state index is 0.0765. The fraction of sp³-hybridized carbons (Fsp3) is 0.353. The number of aromatic amines is 1. The molecule has 2 atom stereocenters. The molecule has 0 radical (unpaired) electrons. The van der Waals surface area contributed by atoms with E-state index < -0.39 is 6.04 Å². The second-order valence-electron chi connectivity index (χ2n) is 11.7. The Morgan fingerprint density at radius 3 is 2.37 bits per heavy atom. The van der Waals surface area contributed by atoms with Crippen molar-refractivity contribution in [2.24, 2.45) is 0 Å². The first kappa shape index (κ1) is 29.1. The molecular formula is C34H39ClN6O2. The van der Waals surface area contributed by atoms with E-state index in [0.29, 0.717) is 44.3 Å². The number of piperazine rings is 1. The zero-order valence-electron chi connectivity index (χ0n) is 24.8. The van der Waals surface area contributed by atoms with Gasteiger partial charge in [0.05, 0.1) is 10.7 Å². The molecular weight excluding hydrogens is 560 g/mol. The molecule has 2 unspecified atom stereocenters. The predicted octanol–water partition coefficient (Wildman–Crippen LogP) is 5.35. The summed E-state index contributed by atoms with van der Waals surface area (Å²) < 4.78 is 0. The van der Waals surface area contributed by atoms with E-state index in [2.05, 4.69) is 32.2 Å². The molecule has 43 heavy (non-hydrogen) atoms. The number of nitrogens with one attached hydrogen (secondary N) is 2. The Hall–Kier alpha value is -4.01. The van der Waals surface area contributed by atoms with Gasteiger partial charge in [-0.05, 0) is 62.3 Å². The lowest BCUT2D eigenvalue weighted by atomic mass is 9.88. The summed E-state index contributed by atoms with van der Waals surface area (Å²) in [7, 11) is 4.02. The molecule has 9 heteroatoms. The molecule has 0 spiro atoms. The number of urea groups is 1. The quantitative estimate of drug-likeness (QED) is 0.301. The SMILES string of the molecule is CN(C)CC(c1c[nH]c2ccccc12)C(NC(=O)N1CCN(c2ccccc2Cl)CC1)C(=O)N1CCCc2ccccc21. The highest BCUT2D eigenvalue weighted by Gasteiger charge is 2.38. The van der Waals surface area contributed by atoms with Crippen LogP contribution in [-0.4, -0.2) is 86.1 Å². The van der Waals surface area contributed by atoms with Crippen molar-refractivity contribution in [1.29, 1.82) is 0 Å². The standard InChI is InChI=1S/C34H39ClN6O2/c1-38(2)23-27(26-22-36-29-14-6-4-12-25(26)29)32(33(42)41-17-9-11-24-10-3-7-15-30(24)41)37-34(43)40-20-18-39(19-21-40)31-16-8-5-13-28(31)35/h3-8,10,12-16,22,27,32,36H,9,11,17-21,23H2,1-2H3,(H,37,43). The van der Waals surface area contributed by atoms with E-state index >= 15 is 0 Å². The second-order valence-corrected chi connectivity index (χ2v) is 12.1. The van der Waals surface area contributed by atoms with Crippen LogP contribution in [0.3, 0.4) is 0 Å². The molecule has 3 aromatic carbocycles. The third-order valence-corrected chi connectivity index (χ3v) is 8.99. The molecule has 0 saturated carbocycles. The van der Waals surface area contributed by atoms with Gasteiger partial charge in [-0.15, -0.1) is 0 Å². The first-order chi connectivity index (χ1) is 20.9. The van der Waals surface area contributed by atoms with E-state index in [9.17, 15) is 9.59 Å². The summed E-state index contributed by atoms with van der Waals surface area (Å²) in [5.74, 6) is -0.353. The van der Waals surface area contributed by atoms with Crippen LogP contribution in [0.4, 0.5) is 16.2 Å². The third kappa shape index (κ3) is 6.08. The third-order valence-electron chi connectivity index (χ3n) is 8.67.